The molecule has 0 fully saturated rings. The SMILES string of the molecule is Cc1cc(Cl)c(C(=O)NC(C)c2ncc(I)cc2Cl)c(Cl)n1. The molecular formula is C14H11Cl3IN3O. The van der Waals surface area contributed by atoms with E-state index in [2.05, 4.69) is 37.9 Å². The number of pyridine rings is 2. The highest BCUT2D eigenvalue weighted by Crippen LogP contribution is 2.26. The molecule has 2 heterocycles. The minimum Gasteiger partial charge on any atom is -0.344 e. The molecule has 0 spiro atoms. The molecule has 8 heteroatoms. The molecule has 0 saturated carbocycles. The Kier molecular flexibility index (Phi) is 5.87. The van der Waals surface area contributed by atoms with Crippen molar-refractivity contribution in [3.05, 3.63) is 54.0 Å². The largest absolute Gasteiger partial charge is 0.344 e. The van der Waals surface area contributed by atoms with E-state index in [-0.39, 0.29) is 15.7 Å². The fraction of sp³-hybridized carbons (Fsp3) is 0.214. The van der Waals surface area contributed by atoms with E-state index in [1.807, 2.05) is 0 Å². The fourth-order valence-corrected chi connectivity index (χ4v) is 3.55. The summed E-state index contributed by atoms with van der Waals surface area (Å²) in [5, 5.41) is 3.58. The Morgan fingerprint density at radius 3 is 2.55 bits per heavy atom. The molecule has 0 saturated heterocycles. The third kappa shape index (κ3) is 4.01. The number of amides is 1. The van der Waals surface area contributed by atoms with Crippen LogP contribution in [0.1, 0.15) is 34.7 Å². The summed E-state index contributed by atoms with van der Waals surface area (Å²) in [4.78, 5) is 20.7. The van der Waals surface area contributed by atoms with Gasteiger partial charge in [0, 0.05) is 15.5 Å². The van der Waals surface area contributed by atoms with Gasteiger partial charge < -0.3 is 5.32 Å². The summed E-state index contributed by atoms with van der Waals surface area (Å²) in [6, 6.07) is 2.97. The summed E-state index contributed by atoms with van der Waals surface area (Å²) in [7, 11) is 0. The Morgan fingerprint density at radius 1 is 1.27 bits per heavy atom. The van der Waals surface area contributed by atoms with Crippen LogP contribution in [0.2, 0.25) is 15.2 Å². The Bertz CT molecular complexity index is 716. The van der Waals surface area contributed by atoms with Crippen LogP contribution >= 0.6 is 57.4 Å². The van der Waals surface area contributed by atoms with Gasteiger partial charge in [0.15, 0.2) is 0 Å². The van der Waals surface area contributed by atoms with Crippen LogP contribution in [0.25, 0.3) is 0 Å². The van der Waals surface area contributed by atoms with Gasteiger partial charge in [-0.2, -0.15) is 0 Å². The van der Waals surface area contributed by atoms with E-state index < -0.39 is 11.9 Å². The van der Waals surface area contributed by atoms with Gasteiger partial charge in [-0.05, 0) is 48.6 Å². The third-order valence-electron chi connectivity index (χ3n) is 2.88. The lowest BCUT2D eigenvalue weighted by molar-refractivity contribution is 0.0939. The molecule has 0 aliphatic rings. The van der Waals surface area contributed by atoms with Crippen LogP contribution in [0.4, 0.5) is 0 Å². The van der Waals surface area contributed by atoms with Gasteiger partial charge in [-0.1, -0.05) is 34.8 Å². The number of aryl methyl sites for hydroxylation is 1. The monoisotopic (exact) mass is 469 g/mol. The van der Waals surface area contributed by atoms with Crippen molar-refractivity contribution in [2.45, 2.75) is 19.9 Å². The van der Waals surface area contributed by atoms with Crippen LogP contribution in [0, 0.1) is 10.5 Å². The average Bonchev–Trinajstić information content (AvgIpc) is 2.36. The highest BCUT2D eigenvalue weighted by atomic mass is 127. The van der Waals surface area contributed by atoms with Crippen molar-refractivity contribution in [3.63, 3.8) is 0 Å². The topological polar surface area (TPSA) is 54.9 Å². The van der Waals surface area contributed by atoms with Crippen LogP contribution in [0.15, 0.2) is 18.3 Å². The normalized spacial score (nSPS) is 12.1. The van der Waals surface area contributed by atoms with Crippen LogP contribution in [-0.4, -0.2) is 15.9 Å². The molecule has 2 aromatic rings. The molecule has 1 N–H and O–H groups in total. The molecular weight excluding hydrogens is 459 g/mol. The van der Waals surface area contributed by atoms with Gasteiger partial charge in [-0.3, -0.25) is 9.78 Å². The quantitative estimate of drug-likeness (QED) is 0.516. The summed E-state index contributed by atoms with van der Waals surface area (Å²) in [6.45, 7) is 3.53. The van der Waals surface area contributed by atoms with Gasteiger partial charge >= 0.3 is 0 Å². The molecule has 0 aromatic carbocycles. The Morgan fingerprint density at radius 2 is 1.95 bits per heavy atom. The second kappa shape index (κ2) is 7.29. The smallest absolute Gasteiger partial charge is 0.256 e. The molecule has 1 unspecified atom stereocenters. The Balaban J connectivity index is 2.25. The number of carbonyl (C=O) groups is 1. The zero-order chi connectivity index (χ0) is 16.4. The fourth-order valence-electron chi connectivity index (χ4n) is 1.88. The first kappa shape index (κ1) is 17.7. The molecule has 116 valence electrons. The number of carbonyl (C=O) groups excluding carboxylic acids is 1. The first-order valence-electron chi connectivity index (χ1n) is 6.24. The molecule has 1 amide bonds. The second-order valence-electron chi connectivity index (χ2n) is 4.63. The summed E-state index contributed by atoms with van der Waals surface area (Å²) in [5.74, 6) is -0.425. The van der Waals surface area contributed by atoms with Crippen molar-refractivity contribution in [3.8, 4) is 0 Å². The zero-order valence-corrected chi connectivity index (χ0v) is 16.0. The lowest BCUT2D eigenvalue weighted by Gasteiger charge is -2.16. The molecule has 0 bridgehead atoms. The maximum Gasteiger partial charge on any atom is 0.256 e. The van der Waals surface area contributed by atoms with Crippen molar-refractivity contribution < 1.29 is 4.79 Å². The van der Waals surface area contributed by atoms with E-state index in [4.69, 9.17) is 34.8 Å². The van der Waals surface area contributed by atoms with E-state index >= 15 is 0 Å². The van der Waals surface area contributed by atoms with Crippen molar-refractivity contribution >= 4 is 63.3 Å². The van der Waals surface area contributed by atoms with Crippen molar-refractivity contribution in [2.24, 2.45) is 0 Å². The van der Waals surface area contributed by atoms with E-state index in [9.17, 15) is 4.79 Å². The predicted molar refractivity (Wildman–Crippen MR) is 96.8 cm³/mol. The third-order valence-corrected chi connectivity index (χ3v) is 4.34. The summed E-state index contributed by atoms with van der Waals surface area (Å²) in [6.07, 6.45) is 1.68. The minimum absolute atomic E-state index is 0.0661. The maximum absolute atomic E-state index is 12.4. The number of halogens is 4. The summed E-state index contributed by atoms with van der Waals surface area (Å²) in [5.41, 5.74) is 1.35. The first-order chi connectivity index (χ1) is 10.3. The standard InChI is InChI=1S/C14H11Cl3IN3O/c1-6-3-9(15)11(13(17)20-6)14(22)21-7(2)12-10(16)4-8(18)5-19-12/h3-5,7H,1-2H3,(H,21,22). The van der Waals surface area contributed by atoms with Crippen LogP contribution in [0.3, 0.4) is 0 Å². The van der Waals surface area contributed by atoms with Crippen molar-refractivity contribution in [2.75, 3.05) is 0 Å². The average molecular weight is 471 g/mol. The number of rotatable bonds is 3. The summed E-state index contributed by atoms with van der Waals surface area (Å²) >= 11 is 20.4. The molecule has 4 nitrogen and oxygen atoms in total. The molecule has 1 atom stereocenters. The Labute approximate surface area is 156 Å². The van der Waals surface area contributed by atoms with Gasteiger partial charge in [0.05, 0.1) is 27.3 Å². The molecule has 2 rings (SSSR count). The van der Waals surface area contributed by atoms with Gasteiger partial charge in [0.1, 0.15) is 5.15 Å². The van der Waals surface area contributed by atoms with E-state index in [0.717, 1.165) is 3.57 Å². The van der Waals surface area contributed by atoms with Gasteiger partial charge in [-0.15, -0.1) is 0 Å². The number of nitrogens with one attached hydrogen (secondary N) is 1. The highest BCUT2D eigenvalue weighted by Gasteiger charge is 2.20. The van der Waals surface area contributed by atoms with Gasteiger partial charge in [0.2, 0.25) is 0 Å². The number of aromatic nitrogens is 2. The number of nitrogens with zero attached hydrogens (tertiary/aromatic N) is 2. The van der Waals surface area contributed by atoms with Gasteiger partial charge in [0.25, 0.3) is 5.91 Å². The molecule has 22 heavy (non-hydrogen) atoms. The van der Waals surface area contributed by atoms with Crippen molar-refractivity contribution in [1.29, 1.82) is 0 Å². The van der Waals surface area contributed by atoms with Crippen LogP contribution < -0.4 is 5.32 Å². The number of hydrogen-bond donors (Lipinski definition) is 1. The zero-order valence-electron chi connectivity index (χ0n) is 11.6. The molecule has 2 aromatic heterocycles. The second-order valence-corrected chi connectivity index (χ2v) is 7.05. The van der Waals surface area contributed by atoms with E-state index in [0.29, 0.717) is 16.4 Å². The van der Waals surface area contributed by atoms with E-state index in [1.165, 1.54) is 0 Å². The minimum atomic E-state index is -0.425. The van der Waals surface area contributed by atoms with Crippen LogP contribution in [-0.2, 0) is 0 Å². The summed E-state index contributed by atoms with van der Waals surface area (Å²) < 4.78 is 0.915. The lowest BCUT2D eigenvalue weighted by atomic mass is 10.2. The maximum atomic E-state index is 12.4. The molecule has 0 radical (unpaired) electrons. The first-order valence-corrected chi connectivity index (χ1v) is 8.45. The van der Waals surface area contributed by atoms with Gasteiger partial charge in [-0.25, -0.2) is 4.98 Å². The predicted octanol–water partition coefficient (Wildman–Crippen LogP) is 4.84. The van der Waals surface area contributed by atoms with Crippen LogP contribution in [0.5, 0.6) is 0 Å². The van der Waals surface area contributed by atoms with Crippen molar-refractivity contribution in [1.82, 2.24) is 15.3 Å². The van der Waals surface area contributed by atoms with E-state index in [1.54, 1.807) is 32.2 Å². The number of hydrogen-bond acceptors (Lipinski definition) is 3. The highest BCUT2D eigenvalue weighted by molar-refractivity contribution is 14.1. The molecule has 0 aliphatic heterocycles. The lowest BCUT2D eigenvalue weighted by Crippen LogP contribution is -2.28. The molecule has 0 aliphatic carbocycles. The Hall–Kier alpha value is -0.630.